The highest BCUT2D eigenvalue weighted by molar-refractivity contribution is 6.31. The third kappa shape index (κ3) is 2.53. The zero-order valence-electron chi connectivity index (χ0n) is 13.8. The molecule has 5 nitrogen and oxygen atoms in total. The van der Waals surface area contributed by atoms with E-state index < -0.39 is 5.97 Å². The highest BCUT2D eigenvalue weighted by Crippen LogP contribution is 2.27. The first-order valence-electron chi connectivity index (χ1n) is 7.88. The van der Waals surface area contributed by atoms with Crippen molar-refractivity contribution >= 4 is 33.9 Å². The fraction of sp³-hybridized carbons (Fsp3) is 0.0500. The second-order valence-electron chi connectivity index (χ2n) is 5.77. The van der Waals surface area contributed by atoms with Gasteiger partial charge < -0.3 is 4.74 Å². The molecule has 26 heavy (non-hydrogen) atoms. The van der Waals surface area contributed by atoms with E-state index in [-0.39, 0.29) is 11.1 Å². The number of methoxy groups -OCH3 is 1. The number of fused-ring (bicyclic) bond motifs is 3. The van der Waals surface area contributed by atoms with Crippen LogP contribution in [0, 0.1) is 0 Å². The fourth-order valence-electron chi connectivity index (χ4n) is 3.03. The zero-order valence-corrected chi connectivity index (χ0v) is 14.5. The molecule has 0 radical (unpaired) electrons. The first-order valence-corrected chi connectivity index (χ1v) is 8.26. The number of rotatable bonds is 2. The number of hydrogen-bond acceptors (Lipinski definition) is 4. The van der Waals surface area contributed by atoms with E-state index in [0.29, 0.717) is 27.1 Å². The maximum absolute atomic E-state index is 13.0. The Labute approximate surface area is 153 Å². The molecule has 6 heteroatoms. The minimum atomic E-state index is -0.547. The topological polar surface area (TPSA) is 60.7 Å². The molecule has 0 aliphatic carbocycles. The number of carbonyl (C=O) groups is 1. The Hall–Kier alpha value is -3.18. The van der Waals surface area contributed by atoms with Crippen molar-refractivity contribution in [3.63, 3.8) is 0 Å². The van der Waals surface area contributed by atoms with Gasteiger partial charge in [-0.1, -0.05) is 48.0 Å². The Bertz CT molecular complexity index is 1220. The molecular formula is C20H13ClN2O3. The first-order chi connectivity index (χ1) is 12.6. The number of ether oxygens (including phenoxy) is 1. The van der Waals surface area contributed by atoms with Crippen molar-refractivity contribution in [1.82, 2.24) is 9.61 Å². The molecule has 0 N–H and O–H groups in total. The lowest BCUT2D eigenvalue weighted by atomic mass is 10.0. The van der Waals surface area contributed by atoms with Gasteiger partial charge in [0.15, 0.2) is 0 Å². The fourth-order valence-corrected chi connectivity index (χ4v) is 3.20. The van der Waals surface area contributed by atoms with Crippen LogP contribution in [0.3, 0.4) is 0 Å². The lowest BCUT2D eigenvalue weighted by molar-refractivity contribution is 0.0602. The van der Waals surface area contributed by atoms with Gasteiger partial charge in [-0.25, -0.2) is 4.79 Å². The Balaban J connectivity index is 2.20. The SMILES string of the molecule is COC(=O)c1cc(-c2ccccc2)c(=O)n2ncc3ccc(Cl)cc3c12. The number of benzene rings is 2. The molecule has 0 aliphatic heterocycles. The average Bonchev–Trinajstić information content (AvgIpc) is 2.68. The van der Waals surface area contributed by atoms with Crippen LogP contribution in [0.1, 0.15) is 10.4 Å². The van der Waals surface area contributed by atoms with E-state index in [1.54, 1.807) is 30.5 Å². The van der Waals surface area contributed by atoms with Gasteiger partial charge in [-0.05, 0) is 23.8 Å². The van der Waals surface area contributed by atoms with Crippen molar-refractivity contribution in [1.29, 1.82) is 0 Å². The van der Waals surface area contributed by atoms with E-state index >= 15 is 0 Å². The summed E-state index contributed by atoms with van der Waals surface area (Å²) in [5, 5.41) is 6.18. The summed E-state index contributed by atoms with van der Waals surface area (Å²) in [6.45, 7) is 0. The number of nitrogens with zero attached hydrogens (tertiary/aromatic N) is 2. The van der Waals surface area contributed by atoms with Crippen LogP contribution in [0.2, 0.25) is 5.02 Å². The van der Waals surface area contributed by atoms with Crippen LogP contribution in [0.25, 0.3) is 27.4 Å². The Morgan fingerprint density at radius 2 is 1.88 bits per heavy atom. The summed E-state index contributed by atoms with van der Waals surface area (Å²) in [5.74, 6) is -0.547. The second-order valence-corrected chi connectivity index (χ2v) is 6.21. The van der Waals surface area contributed by atoms with E-state index in [1.165, 1.54) is 11.6 Å². The molecule has 0 bridgehead atoms. The standard InChI is InChI=1S/C20H13ClN2O3/c1-26-20(25)17-10-16(12-5-3-2-4-6-12)19(24)23-18(17)15-9-14(21)8-7-13(15)11-22-23/h2-11H,1H3. The summed E-state index contributed by atoms with van der Waals surface area (Å²) >= 11 is 6.13. The molecule has 0 fully saturated rings. The summed E-state index contributed by atoms with van der Waals surface area (Å²) in [5.41, 5.74) is 1.39. The first kappa shape index (κ1) is 16.3. The molecule has 0 spiro atoms. The Morgan fingerprint density at radius 3 is 2.62 bits per heavy atom. The van der Waals surface area contributed by atoms with Gasteiger partial charge in [0.1, 0.15) is 0 Å². The van der Waals surface area contributed by atoms with Gasteiger partial charge in [-0.15, -0.1) is 0 Å². The molecular weight excluding hydrogens is 352 g/mol. The number of halogens is 1. The van der Waals surface area contributed by atoms with Crippen molar-refractivity contribution < 1.29 is 9.53 Å². The van der Waals surface area contributed by atoms with Crippen molar-refractivity contribution in [3.8, 4) is 11.1 Å². The lowest BCUT2D eigenvalue weighted by Gasteiger charge is -2.12. The van der Waals surface area contributed by atoms with Gasteiger partial charge in [0.25, 0.3) is 5.56 Å². The molecule has 0 atom stereocenters. The van der Waals surface area contributed by atoms with Crippen LogP contribution in [0.4, 0.5) is 0 Å². The van der Waals surface area contributed by atoms with E-state index in [4.69, 9.17) is 16.3 Å². The molecule has 0 aliphatic rings. The molecule has 2 aromatic carbocycles. The van der Waals surface area contributed by atoms with E-state index in [0.717, 1.165) is 5.39 Å². The van der Waals surface area contributed by atoms with Crippen LogP contribution >= 0.6 is 11.6 Å². The van der Waals surface area contributed by atoms with E-state index in [1.807, 2.05) is 30.3 Å². The monoisotopic (exact) mass is 364 g/mol. The van der Waals surface area contributed by atoms with Crippen LogP contribution in [-0.2, 0) is 4.74 Å². The van der Waals surface area contributed by atoms with Crippen molar-refractivity contribution in [2.45, 2.75) is 0 Å². The van der Waals surface area contributed by atoms with E-state index in [9.17, 15) is 9.59 Å². The highest BCUT2D eigenvalue weighted by Gasteiger charge is 2.19. The maximum Gasteiger partial charge on any atom is 0.340 e. The van der Waals surface area contributed by atoms with Gasteiger partial charge in [-0.3, -0.25) is 4.79 Å². The molecule has 128 valence electrons. The predicted octanol–water partition coefficient (Wildman–Crippen LogP) is 3.95. The number of aromatic nitrogens is 2. The molecule has 0 saturated carbocycles. The quantitative estimate of drug-likeness (QED) is 0.399. The van der Waals surface area contributed by atoms with Crippen LogP contribution in [0.15, 0.2) is 65.6 Å². The minimum Gasteiger partial charge on any atom is -0.465 e. The molecule has 2 heterocycles. The number of carbonyl (C=O) groups excluding carboxylic acids is 1. The Kier molecular flexibility index (Phi) is 3.93. The van der Waals surface area contributed by atoms with Gasteiger partial charge in [0.05, 0.1) is 24.4 Å². The zero-order chi connectivity index (χ0) is 18.3. The smallest absolute Gasteiger partial charge is 0.340 e. The molecule has 4 aromatic rings. The highest BCUT2D eigenvalue weighted by atomic mass is 35.5. The summed E-state index contributed by atoms with van der Waals surface area (Å²) < 4.78 is 6.17. The van der Waals surface area contributed by atoms with Gasteiger partial charge >= 0.3 is 5.97 Å². The average molecular weight is 365 g/mol. The number of hydrogen-bond donors (Lipinski definition) is 0. The summed E-state index contributed by atoms with van der Waals surface area (Å²) in [6.07, 6.45) is 1.58. The third-order valence-corrected chi connectivity index (χ3v) is 4.49. The van der Waals surface area contributed by atoms with E-state index in [2.05, 4.69) is 5.10 Å². The van der Waals surface area contributed by atoms with Crippen LogP contribution in [0.5, 0.6) is 0 Å². The predicted molar refractivity (Wildman–Crippen MR) is 101 cm³/mol. The third-order valence-electron chi connectivity index (χ3n) is 4.25. The molecule has 0 amide bonds. The van der Waals surface area contributed by atoms with Crippen LogP contribution in [-0.4, -0.2) is 22.7 Å². The maximum atomic E-state index is 13.0. The van der Waals surface area contributed by atoms with Crippen LogP contribution < -0.4 is 5.56 Å². The molecule has 0 unspecified atom stereocenters. The molecule has 2 aromatic heterocycles. The normalized spacial score (nSPS) is 11.0. The second kappa shape index (κ2) is 6.28. The van der Waals surface area contributed by atoms with Crippen molar-refractivity contribution in [2.24, 2.45) is 0 Å². The van der Waals surface area contributed by atoms with Gasteiger partial charge in [0.2, 0.25) is 0 Å². The Morgan fingerprint density at radius 1 is 1.12 bits per heavy atom. The van der Waals surface area contributed by atoms with Gasteiger partial charge in [0, 0.05) is 21.4 Å². The summed E-state index contributed by atoms with van der Waals surface area (Å²) in [7, 11) is 1.30. The summed E-state index contributed by atoms with van der Waals surface area (Å²) in [6, 6.07) is 15.9. The number of pyridine rings is 1. The van der Waals surface area contributed by atoms with Crippen molar-refractivity contribution in [2.75, 3.05) is 7.11 Å². The van der Waals surface area contributed by atoms with Crippen molar-refractivity contribution in [3.05, 3.63) is 81.7 Å². The molecule has 0 saturated heterocycles. The summed E-state index contributed by atoms with van der Waals surface area (Å²) in [4.78, 5) is 25.5. The largest absolute Gasteiger partial charge is 0.465 e. The minimum absolute atomic E-state index is 0.256. The van der Waals surface area contributed by atoms with Gasteiger partial charge in [-0.2, -0.15) is 9.61 Å². The number of esters is 1. The molecule has 4 rings (SSSR count). The lowest BCUT2D eigenvalue weighted by Crippen LogP contribution is -2.21.